The summed E-state index contributed by atoms with van der Waals surface area (Å²) in [6.45, 7) is 0.486. The van der Waals surface area contributed by atoms with Gasteiger partial charge in [-0.2, -0.15) is 0 Å². The van der Waals surface area contributed by atoms with E-state index in [0.29, 0.717) is 18.5 Å². The molecule has 0 aliphatic rings. The second kappa shape index (κ2) is 5.50. The van der Waals surface area contributed by atoms with Gasteiger partial charge in [-0.15, -0.1) is 0 Å². The lowest BCUT2D eigenvalue weighted by molar-refractivity contribution is 0.0954. The Morgan fingerprint density at radius 1 is 1.50 bits per heavy atom. The highest BCUT2D eigenvalue weighted by molar-refractivity contribution is 6.33. The predicted octanol–water partition coefficient (Wildman–Crippen LogP) is 1.01. The molecular formula is C11H12ClN5O. The van der Waals surface area contributed by atoms with Crippen LogP contribution >= 0.6 is 11.6 Å². The van der Waals surface area contributed by atoms with E-state index in [1.54, 1.807) is 12.5 Å². The molecule has 18 heavy (non-hydrogen) atoms. The lowest BCUT2D eigenvalue weighted by Gasteiger charge is -2.06. The SMILES string of the molecule is Nc1cc(C(=O)NCCc2cnc[nH]2)c(Cl)cn1. The number of nitrogen functional groups attached to an aromatic ring is 1. The number of rotatable bonds is 4. The van der Waals surface area contributed by atoms with E-state index in [2.05, 4.69) is 20.3 Å². The van der Waals surface area contributed by atoms with Crippen LogP contribution in [-0.4, -0.2) is 27.4 Å². The number of hydrogen-bond acceptors (Lipinski definition) is 4. The molecule has 0 unspecified atom stereocenters. The minimum absolute atomic E-state index is 0.262. The van der Waals surface area contributed by atoms with Gasteiger partial charge in [-0.05, 0) is 6.07 Å². The molecular weight excluding hydrogens is 254 g/mol. The van der Waals surface area contributed by atoms with Crippen molar-refractivity contribution in [3.63, 3.8) is 0 Å². The van der Waals surface area contributed by atoms with Crippen molar-refractivity contribution in [3.05, 3.63) is 41.1 Å². The van der Waals surface area contributed by atoms with Gasteiger partial charge < -0.3 is 16.0 Å². The van der Waals surface area contributed by atoms with Crippen LogP contribution in [-0.2, 0) is 6.42 Å². The standard InChI is InChI=1S/C11H12ClN5O/c12-9-5-16-10(13)3-8(9)11(18)15-2-1-7-4-14-6-17-7/h3-6H,1-2H2,(H2,13,16)(H,14,17)(H,15,18). The number of hydrogen-bond donors (Lipinski definition) is 3. The van der Waals surface area contributed by atoms with Crippen LogP contribution in [0, 0.1) is 0 Å². The number of pyridine rings is 1. The van der Waals surface area contributed by atoms with E-state index in [9.17, 15) is 4.79 Å². The molecule has 2 aromatic rings. The van der Waals surface area contributed by atoms with E-state index in [1.165, 1.54) is 12.3 Å². The van der Waals surface area contributed by atoms with E-state index in [4.69, 9.17) is 17.3 Å². The molecule has 0 radical (unpaired) electrons. The highest BCUT2D eigenvalue weighted by atomic mass is 35.5. The maximum absolute atomic E-state index is 11.8. The number of aromatic nitrogens is 3. The number of carbonyl (C=O) groups excluding carboxylic acids is 1. The molecule has 0 spiro atoms. The summed E-state index contributed by atoms with van der Waals surface area (Å²) in [4.78, 5) is 22.5. The zero-order valence-electron chi connectivity index (χ0n) is 9.48. The van der Waals surface area contributed by atoms with Gasteiger partial charge >= 0.3 is 0 Å². The average molecular weight is 266 g/mol. The van der Waals surface area contributed by atoms with Crippen molar-refractivity contribution >= 4 is 23.3 Å². The summed E-state index contributed by atoms with van der Waals surface area (Å²) in [6, 6.07) is 1.45. The molecule has 6 nitrogen and oxygen atoms in total. The van der Waals surface area contributed by atoms with Crippen LogP contribution in [0.5, 0.6) is 0 Å². The van der Waals surface area contributed by atoms with Crippen LogP contribution < -0.4 is 11.1 Å². The lowest BCUT2D eigenvalue weighted by Crippen LogP contribution is -2.26. The van der Waals surface area contributed by atoms with Gasteiger partial charge in [0.2, 0.25) is 0 Å². The van der Waals surface area contributed by atoms with Crippen LogP contribution in [0.15, 0.2) is 24.8 Å². The van der Waals surface area contributed by atoms with E-state index in [1.807, 2.05) is 0 Å². The van der Waals surface area contributed by atoms with Crippen LogP contribution in [0.25, 0.3) is 0 Å². The smallest absolute Gasteiger partial charge is 0.253 e. The maximum Gasteiger partial charge on any atom is 0.253 e. The van der Waals surface area contributed by atoms with Gasteiger partial charge in [0.1, 0.15) is 5.82 Å². The first-order valence-corrected chi connectivity index (χ1v) is 5.71. The minimum atomic E-state index is -0.270. The molecule has 94 valence electrons. The molecule has 0 aliphatic carbocycles. The first-order valence-electron chi connectivity index (χ1n) is 5.33. The molecule has 0 saturated carbocycles. The minimum Gasteiger partial charge on any atom is -0.384 e. The summed E-state index contributed by atoms with van der Waals surface area (Å²) >= 11 is 5.87. The van der Waals surface area contributed by atoms with Crippen molar-refractivity contribution in [2.24, 2.45) is 0 Å². The quantitative estimate of drug-likeness (QED) is 0.769. The number of nitrogens with zero attached hydrogens (tertiary/aromatic N) is 2. The monoisotopic (exact) mass is 265 g/mol. The van der Waals surface area contributed by atoms with Crippen LogP contribution in [0.1, 0.15) is 16.1 Å². The van der Waals surface area contributed by atoms with Crippen molar-refractivity contribution in [2.75, 3.05) is 12.3 Å². The molecule has 0 atom stereocenters. The Labute approximate surface area is 109 Å². The summed E-state index contributed by atoms with van der Waals surface area (Å²) in [6.07, 6.45) is 5.34. The predicted molar refractivity (Wildman–Crippen MR) is 68.3 cm³/mol. The Kier molecular flexibility index (Phi) is 3.78. The zero-order valence-corrected chi connectivity index (χ0v) is 10.2. The third kappa shape index (κ3) is 2.98. The fraction of sp³-hybridized carbons (Fsp3) is 0.182. The fourth-order valence-corrected chi connectivity index (χ4v) is 1.65. The Morgan fingerprint density at radius 2 is 2.33 bits per heavy atom. The Hall–Kier alpha value is -2.08. The third-order valence-electron chi connectivity index (χ3n) is 2.36. The number of anilines is 1. The molecule has 2 rings (SSSR count). The second-order valence-corrected chi connectivity index (χ2v) is 4.08. The molecule has 0 aliphatic heterocycles. The molecule has 7 heteroatoms. The second-order valence-electron chi connectivity index (χ2n) is 3.67. The summed E-state index contributed by atoms with van der Waals surface area (Å²) in [7, 11) is 0. The van der Waals surface area contributed by atoms with Crippen LogP contribution in [0.2, 0.25) is 5.02 Å². The largest absolute Gasteiger partial charge is 0.384 e. The summed E-state index contributed by atoms with van der Waals surface area (Å²) in [5.74, 6) is -0.00765. The van der Waals surface area contributed by atoms with Crippen molar-refractivity contribution in [1.29, 1.82) is 0 Å². The van der Waals surface area contributed by atoms with Gasteiger partial charge in [-0.3, -0.25) is 4.79 Å². The number of aromatic amines is 1. The first-order chi connectivity index (χ1) is 8.66. The average Bonchev–Trinajstić information content (AvgIpc) is 2.85. The number of nitrogens with one attached hydrogen (secondary N) is 2. The highest BCUT2D eigenvalue weighted by Gasteiger charge is 2.10. The van der Waals surface area contributed by atoms with Gasteiger partial charge in [0.05, 0.1) is 16.9 Å². The number of nitrogens with two attached hydrogens (primary N) is 1. The van der Waals surface area contributed by atoms with Crippen molar-refractivity contribution < 1.29 is 4.79 Å². The molecule has 0 aromatic carbocycles. The third-order valence-corrected chi connectivity index (χ3v) is 2.66. The number of H-pyrrole nitrogens is 1. The van der Waals surface area contributed by atoms with Gasteiger partial charge in [0.25, 0.3) is 5.91 Å². The van der Waals surface area contributed by atoms with Crippen molar-refractivity contribution in [3.8, 4) is 0 Å². The lowest BCUT2D eigenvalue weighted by atomic mass is 10.2. The highest BCUT2D eigenvalue weighted by Crippen LogP contribution is 2.16. The Bertz CT molecular complexity index is 540. The summed E-state index contributed by atoms with van der Waals surface area (Å²) in [5, 5.41) is 3.03. The molecule has 2 heterocycles. The van der Waals surface area contributed by atoms with Crippen LogP contribution in [0.4, 0.5) is 5.82 Å². The van der Waals surface area contributed by atoms with E-state index >= 15 is 0 Å². The first kappa shape index (κ1) is 12.4. The van der Waals surface area contributed by atoms with Crippen molar-refractivity contribution in [2.45, 2.75) is 6.42 Å². The van der Waals surface area contributed by atoms with Gasteiger partial charge in [0.15, 0.2) is 0 Å². The zero-order chi connectivity index (χ0) is 13.0. The molecule has 4 N–H and O–H groups in total. The molecule has 0 bridgehead atoms. The van der Waals surface area contributed by atoms with E-state index < -0.39 is 0 Å². The number of halogens is 1. The summed E-state index contributed by atoms with van der Waals surface area (Å²) in [5.41, 5.74) is 6.79. The number of imidazole rings is 1. The molecule has 0 fully saturated rings. The Morgan fingerprint density at radius 3 is 3.06 bits per heavy atom. The van der Waals surface area contributed by atoms with E-state index in [-0.39, 0.29) is 16.7 Å². The Balaban J connectivity index is 1.93. The maximum atomic E-state index is 11.8. The molecule has 1 amide bonds. The molecule has 2 aromatic heterocycles. The van der Waals surface area contributed by atoms with E-state index in [0.717, 1.165) is 5.69 Å². The van der Waals surface area contributed by atoms with Gasteiger partial charge in [-0.25, -0.2) is 9.97 Å². The normalized spacial score (nSPS) is 10.3. The van der Waals surface area contributed by atoms with Crippen molar-refractivity contribution in [1.82, 2.24) is 20.3 Å². The topological polar surface area (TPSA) is 96.7 Å². The number of amides is 1. The number of carbonyl (C=O) groups is 1. The molecule has 0 saturated heterocycles. The van der Waals surface area contributed by atoms with Crippen LogP contribution in [0.3, 0.4) is 0 Å². The summed E-state index contributed by atoms with van der Waals surface area (Å²) < 4.78 is 0. The van der Waals surface area contributed by atoms with Gasteiger partial charge in [-0.1, -0.05) is 11.6 Å². The fourth-order valence-electron chi connectivity index (χ4n) is 1.46. The van der Waals surface area contributed by atoms with Gasteiger partial charge in [0, 0.05) is 31.1 Å².